The summed E-state index contributed by atoms with van der Waals surface area (Å²) in [5.74, 6) is 1.44. The first kappa shape index (κ1) is 12.7. The Labute approximate surface area is 111 Å². The van der Waals surface area contributed by atoms with Crippen molar-refractivity contribution in [3.05, 3.63) is 53.3 Å². The summed E-state index contributed by atoms with van der Waals surface area (Å²) in [6.45, 7) is 2.92. The summed E-state index contributed by atoms with van der Waals surface area (Å²) in [4.78, 5) is 4.00. The van der Waals surface area contributed by atoms with E-state index in [0.717, 1.165) is 11.3 Å². The van der Waals surface area contributed by atoms with E-state index in [2.05, 4.69) is 4.98 Å². The molecular weight excluding hydrogens is 250 g/mol. The van der Waals surface area contributed by atoms with Gasteiger partial charge in [0.1, 0.15) is 11.8 Å². The lowest BCUT2D eigenvalue weighted by Crippen LogP contribution is -2.00. The number of ether oxygens (including phenoxy) is 2. The topological polar surface area (TPSA) is 31.4 Å². The van der Waals surface area contributed by atoms with Crippen LogP contribution >= 0.6 is 11.6 Å². The van der Waals surface area contributed by atoms with Crippen molar-refractivity contribution >= 4 is 11.6 Å². The maximum atomic E-state index is 5.97. The molecule has 94 valence electrons. The summed E-state index contributed by atoms with van der Waals surface area (Å²) >= 11 is 5.97. The second kappa shape index (κ2) is 6.26. The van der Waals surface area contributed by atoms with Crippen LogP contribution < -0.4 is 9.47 Å². The lowest BCUT2D eigenvalue weighted by Gasteiger charge is -2.11. The monoisotopic (exact) mass is 263 g/mol. The zero-order chi connectivity index (χ0) is 12.8. The van der Waals surface area contributed by atoms with E-state index in [1.165, 1.54) is 0 Å². The van der Waals surface area contributed by atoms with Gasteiger partial charge in [-0.1, -0.05) is 29.8 Å². The quantitative estimate of drug-likeness (QED) is 0.771. The van der Waals surface area contributed by atoms with Gasteiger partial charge in [-0.2, -0.15) is 0 Å². The van der Waals surface area contributed by atoms with E-state index in [1.54, 1.807) is 6.20 Å². The Morgan fingerprint density at radius 2 is 1.78 bits per heavy atom. The predicted octanol–water partition coefficient (Wildman–Crippen LogP) is 3.71. The lowest BCUT2D eigenvalue weighted by atomic mass is 10.3. The molecule has 18 heavy (non-hydrogen) atoms. The van der Waals surface area contributed by atoms with Crippen molar-refractivity contribution in [2.45, 2.75) is 13.5 Å². The minimum absolute atomic E-state index is 0.372. The van der Waals surface area contributed by atoms with Crippen molar-refractivity contribution in [1.29, 1.82) is 0 Å². The van der Waals surface area contributed by atoms with E-state index in [0.29, 0.717) is 24.1 Å². The lowest BCUT2D eigenvalue weighted by molar-refractivity contribution is 0.269. The Bertz CT molecular complexity index is 517. The fourth-order valence-corrected chi connectivity index (χ4v) is 1.70. The molecule has 3 nitrogen and oxygen atoms in total. The van der Waals surface area contributed by atoms with Gasteiger partial charge in [0.25, 0.3) is 0 Å². The first-order chi connectivity index (χ1) is 8.81. The molecule has 2 rings (SSSR count). The molecule has 0 amide bonds. The van der Waals surface area contributed by atoms with Gasteiger partial charge in [0.2, 0.25) is 0 Å². The van der Waals surface area contributed by atoms with Crippen molar-refractivity contribution in [3.63, 3.8) is 0 Å². The molecule has 0 unspecified atom stereocenters. The van der Waals surface area contributed by atoms with Gasteiger partial charge in [0, 0.05) is 11.8 Å². The average molecular weight is 264 g/mol. The highest BCUT2D eigenvalue weighted by molar-refractivity contribution is 6.30. The van der Waals surface area contributed by atoms with Crippen LogP contribution in [0.2, 0.25) is 5.15 Å². The van der Waals surface area contributed by atoms with E-state index >= 15 is 0 Å². The summed E-state index contributed by atoms with van der Waals surface area (Å²) in [6, 6.07) is 11.3. The molecule has 1 aromatic carbocycles. The van der Waals surface area contributed by atoms with Crippen LogP contribution in [-0.4, -0.2) is 11.6 Å². The van der Waals surface area contributed by atoms with Crippen LogP contribution in [0.4, 0.5) is 0 Å². The minimum Gasteiger partial charge on any atom is -0.490 e. The molecule has 0 bridgehead atoms. The summed E-state index contributed by atoms with van der Waals surface area (Å²) in [5, 5.41) is 0.464. The number of rotatable bonds is 5. The Morgan fingerprint density at radius 1 is 1.06 bits per heavy atom. The summed E-state index contributed by atoms with van der Waals surface area (Å²) in [6.07, 6.45) is 1.65. The zero-order valence-corrected chi connectivity index (χ0v) is 10.9. The molecule has 0 spiro atoms. The smallest absolute Gasteiger partial charge is 0.161 e. The van der Waals surface area contributed by atoms with Gasteiger partial charge >= 0.3 is 0 Å². The molecule has 4 heteroatoms. The van der Waals surface area contributed by atoms with Crippen LogP contribution in [0.3, 0.4) is 0 Å². The van der Waals surface area contributed by atoms with Gasteiger partial charge in [-0.3, -0.25) is 0 Å². The van der Waals surface area contributed by atoms with E-state index in [4.69, 9.17) is 21.1 Å². The number of pyridine rings is 1. The van der Waals surface area contributed by atoms with Crippen molar-refractivity contribution in [2.24, 2.45) is 0 Å². The van der Waals surface area contributed by atoms with Gasteiger partial charge < -0.3 is 9.47 Å². The molecule has 1 heterocycles. The van der Waals surface area contributed by atoms with E-state index < -0.39 is 0 Å². The second-order valence-corrected chi connectivity index (χ2v) is 3.98. The molecule has 1 aromatic heterocycles. The molecule has 0 saturated carbocycles. The molecule has 0 fully saturated rings. The van der Waals surface area contributed by atoms with Gasteiger partial charge in [-0.15, -0.1) is 0 Å². The third-order valence-electron chi connectivity index (χ3n) is 2.37. The van der Waals surface area contributed by atoms with E-state index in [1.807, 2.05) is 43.3 Å². The first-order valence-corrected chi connectivity index (χ1v) is 6.13. The maximum Gasteiger partial charge on any atom is 0.161 e. The van der Waals surface area contributed by atoms with E-state index in [-0.39, 0.29) is 0 Å². The Balaban J connectivity index is 2.08. The van der Waals surface area contributed by atoms with E-state index in [9.17, 15) is 0 Å². The Morgan fingerprint density at radius 3 is 2.44 bits per heavy atom. The number of hydrogen-bond acceptors (Lipinski definition) is 3. The van der Waals surface area contributed by atoms with Crippen LogP contribution in [0.1, 0.15) is 12.5 Å². The standard InChI is InChI=1S/C14H14ClNO2/c1-2-17-12-7-3-4-8-13(12)18-10-11-6-5-9-16-14(11)15/h3-9H,2,10H2,1H3. The Kier molecular flexibility index (Phi) is 4.42. The highest BCUT2D eigenvalue weighted by Gasteiger charge is 2.05. The van der Waals surface area contributed by atoms with Gasteiger partial charge in [-0.05, 0) is 25.1 Å². The largest absolute Gasteiger partial charge is 0.490 e. The van der Waals surface area contributed by atoms with Crippen molar-refractivity contribution < 1.29 is 9.47 Å². The minimum atomic E-state index is 0.372. The fourth-order valence-electron chi connectivity index (χ4n) is 1.53. The van der Waals surface area contributed by atoms with Crippen molar-refractivity contribution in [3.8, 4) is 11.5 Å². The molecule has 0 aliphatic heterocycles. The number of hydrogen-bond donors (Lipinski definition) is 0. The average Bonchev–Trinajstić information content (AvgIpc) is 2.40. The zero-order valence-electron chi connectivity index (χ0n) is 10.1. The number of halogens is 1. The number of nitrogens with zero attached hydrogens (tertiary/aromatic N) is 1. The summed E-state index contributed by atoms with van der Waals surface area (Å²) in [7, 11) is 0. The molecule has 0 radical (unpaired) electrons. The fraction of sp³-hybridized carbons (Fsp3) is 0.214. The van der Waals surface area contributed by atoms with Crippen LogP contribution in [-0.2, 0) is 6.61 Å². The van der Waals surface area contributed by atoms with Crippen LogP contribution in [0, 0.1) is 0 Å². The molecule has 0 saturated heterocycles. The molecule has 0 aliphatic rings. The maximum absolute atomic E-state index is 5.97. The number of aromatic nitrogens is 1. The molecule has 2 aromatic rings. The molecule has 0 aliphatic carbocycles. The van der Waals surface area contributed by atoms with Crippen LogP contribution in [0.15, 0.2) is 42.6 Å². The SMILES string of the molecule is CCOc1ccccc1OCc1cccnc1Cl. The molecule has 0 atom stereocenters. The normalized spacial score (nSPS) is 10.1. The molecular formula is C14H14ClNO2. The Hall–Kier alpha value is -1.74. The number of benzene rings is 1. The van der Waals surface area contributed by atoms with Gasteiger partial charge in [0.15, 0.2) is 11.5 Å². The third kappa shape index (κ3) is 3.14. The highest BCUT2D eigenvalue weighted by Crippen LogP contribution is 2.27. The molecule has 0 N–H and O–H groups in total. The van der Waals surface area contributed by atoms with Gasteiger partial charge in [0.05, 0.1) is 6.61 Å². The van der Waals surface area contributed by atoms with Crippen molar-refractivity contribution in [2.75, 3.05) is 6.61 Å². The second-order valence-electron chi connectivity index (χ2n) is 3.62. The van der Waals surface area contributed by atoms with Crippen LogP contribution in [0.5, 0.6) is 11.5 Å². The predicted molar refractivity (Wildman–Crippen MR) is 71.2 cm³/mol. The summed E-state index contributed by atoms with van der Waals surface area (Å²) < 4.78 is 11.2. The van der Waals surface area contributed by atoms with Crippen LogP contribution in [0.25, 0.3) is 0 Å². The first-order valence-electron chi connectivity index (χ1n) is 5.75. The number of para-hydroxylation sites is 2. The third-order valence-corrected chi connectivity index (χ3v) is 2.71. The summed E-state index contributed by atoms with van der Waals surface area (Å²) in [5.41, 5.74) is 0.852. The van der Waals surface area contributed by atoms with Gasteiger partial charge in [-0.25, -0.2) is 4.98 Å². The van der Waals surface area contributed by atoms with Crippen molar-refractivity contribution in [1.82, 2.24) is 4.98 Å². The highest BCUT2D eigenvalue weighted by atomic mass is 35.5.